The number of carboxylic acids is 5. The molecule has 0 spiro atoms. The molecule has 0 amide bonds. The lowest BCUT2D eigenvalue weighted by atomic mass is 9.97. The number of aliphatic hydroxyl groups is 5. The van der Waals surface area contributed by atoms with Crippen molar-refractivity contribution in [3.63, 3.8) is 0 Å². The molecular weight excluding hydrogens is 1730 g/mol. The van der Waals surface area contributed by atoms with Crippen molar-refractivity contribution in [3.05, 3.63) is 72.9 Å². The van der Waals surface area contributed by atoms with E-state index in [1.165, 1.54) is 520 Å². The molecule has 0 aliphatic rings. The first-order valence-corrected chi connectivity index (χ1v) is 60.3. The molecule has 0 aromatic heterocycles. The van der Waals surface area contributed by atoms with Crippen LogP contribution in [0.15, 0.2) is 72.9 Å². The van der Waals surface area contributed by atoms with E-state index in [4.69, 9.17) is 51.1 Å². The van der Waals surface area contributed by atoms with Gasteiger partial charge in [0, 0.05) is 52.3 Å². The van der Waals surface area contributed by atoms with Crippen LogP contribution in [0.1, 0.15) is 649 Å². The van der Waals surface area contributed by atoms with Gasteiger partial charge < -0.3 is 51.1 Å². The summed E-state index contributed by atoms with van der Waals surface area (Å²) in [5.41, 5.74) is 0. The molecule has 0 heterocycles. The number of hydrogen-bond acceptors (Lipinski definition) is 10. The van der Waals surface area contributed by atoms with Gasteiger partial charge in [-0.05, 0) is 160 Å². The summed E-state index contributed by atoms with van der Waals surface area (Å²) in [6, 6.07) is 0. The Hall–Kier alpha value is -4.41. The maximum Gasteiger partial charge on any atom is 0.307 e. The van der Waals surface area contributed by atoms with Gasteiger partial charge in [-0.3, -0.25) is 24.0 Å². The molecule has 0 aliphatic carbocycles. The molecule has 15 nitrogen and oxygen atoms in total. The third-order valence-electron chi connectivity index (χ3n) is 26.9. The number of rotatable bonds is 112. The molecule has 1 atom stereocenters. The summed E-state index contributed by atoms with van der Waals surface area (Å²) in [4.78, 5) is 52.0. The van der Waals surface area contributed by atoms with Gasteiger partial charge >= 0.3 is 29.8 Å². The summed E-state index contributed by atoms with van der Waals surface area (Å²) in [6.45, 7) is 3.94. The molecule has 0 rings (SSSR count). The van der Waals surface area contributed by atoms with E-state index in [1.54, 1.807) is 12.2 Å². The van der Waals surface area contributed by atoms with E-state index in [2.05, 4.69) is 55.5 Å². The number of hydrogen-bond donors (Lipinski definition) is 10. The third kappa shape index (κ3) is 159. The second-order valence-corrected chi connectivity index (χ2v) is 41.0. The lowest BCUT2D eigenvalue weighted by Gasteiger charge is -2.09. The average molecular weight is 1970 g/mol. The van der Waals surface area contributed by atoms with Gasteiger partial charge in [0.2, 0.25) is 0 Å². The zero-order chi connectivity index (χ0) is 102. The number of allylic oxidation sites excluding steroid dienone is 10. The normalized spacial score (nSPS) is 11.8. The summed E-state index contributed by atoms with van der Waals surface area (Å²) < 4.78 is 0. The number of unbranched alkanes of at least 4 members (excludes halogenated alkanes) is 84. The molecule has 822 valence electrons. The minimum atomic E-state index is -0.742. The van der Waals surface area contributed by atoms with E-state index in [1.807, 2.05) is 12.2 Å². The Morgan fingerprint density at radius 1 is 0.151 bits per heavy atom. The monoisotopic (exact) mass is 1970 g/mol. The molecule has 10 N–H and O–H groups in total. The summed E-state index contributed by atoms with van der Waals surface area (Å²) >= 11 is 0. The smallest absolute Gasteiger partial charge is 0.307 e. The first-order chi connectivity index (χ1) is 68.2. The second kappa shape index (κ2) is 138. The molecule has 15 heteroatoms. The number of carbonyl (C=O) groups is 5. The van der Waals surface area contributed by atoms with E-state index in [9.17, 15) is 24.0 Å². The van der Waals surface area contributed by atoms with Crippen molar-refractivity contribution in [1.82, 2.24) is 0 Å². The Morgan fingerprint density at radius 3 is 0.475 bits per heavy atom. The quantitative estimate of drug-likeness (QED) is 0.0200. The van der Waals surface area contributed by atoms with Gasteiger partial charge in [0.1, 0.15) is 0 Å². The summed E-state index contributed by atoms with van der Waals surface area (Å²) in [5.74, 6) is -2.96. The minimum absolute atomic E-state index is 0.159. The number of aliphatic hydroxyl groups excluding tert-OH is 5. The van der Waals surface area contributed by atoms with Gasteiger partial charge in [0.05, 0.1) is 12.8 Å². The topological polar surface area (TPSA) is 288 Å². The summed E-state index contributed by atoms with van der Waals surface area (Å²) in [5, 5.41) is 86.4. The first-order valence-electron chi connectivity index (χ1n) is 60.3. The highest BCUT2D eigenvalue weighted by molar-refractivity contribution is 5.69. The molecule has 0 fully saturated rings. The van der Waals surface area contributed by atoms with Crippen molar-refractivity contribution in [3.8, 4) is 0 Å². The van der Waals surface area contributed by atoms with E-state index in [0.717, 1.165) is 89.9 Å². The summed E-state index contributed by atoms with van der Waals surface area (Å²) in [6.07, 6.45) is 149. The fourth-order valence-electron chi connectivity index (χ4n) is 17.8. The maximum atomic E-state index is 10.6. The van der Waals surface area contributed by atoms with Gasteiger partial charge in [-0.25, -0.2) is 0 Å². The third-order valence-corrected chi connectivity index (χ3v) is 26.9. The Morgan fingerprint density at radius 2 is 0.295 bits per heavy atom. The molecular formula is C124H236O15. The Labute approximate surface area is 860 Å². The highest BCUT2D eigenvalue weighted by Crippen LogP contribution is 2.23. The van der Waals surface area contributed by atoms with Crippen LogP contribution in [0.5, 0.6) is 0 Å². The lowest BCUT2D eigenvalue weighted by Crippen LogP contribution is -2.01. The zero-order valence-corrected chi connectivity index (χ0v) is 91.8. The molecule has 0 saturated heterocycles. The van der Waals surface area contributed by atoms with E-state index >= 15 is 0 Å². The molecule has 0 aliphatic heterocycles. The van der Waals surface area contributed by atoms with Crippen molar-refractivity contribution >= 4 is 29.8 Å². The first kappa shape index (κ1) is 143. The van der Waals surface area contributed by atoms with Crippen LogP contribution in [0, 0.1) is 5.92 Å². The highest BCUT2D eigenvalue weighted by atomic mass is 16.4. The Kier molecular flexibility index (Phi) is 142. The lowest BCUT2D eigenvalue weighted by molar-refractivity contribution is -0.138. The van der Waals surface area contributed by atoms with Crippen LogP contribution in [-0.4, -0.2) is 114 Å². The molecule has 139 heavy (non-hydrogen) atoms. The molecule has 0 saturated carbocycles. The maximum absolute atomic E-state index is 10.6. The van der Waals surface area contributed by atoms with Crippen LogP contribution < -0.4 is 0 Å². The van der Waals surface area contributed by atoms with Gasteiger partial charge in [0.25, 0.3) is 0 Å². The number of aliphatic carboxylic acids is 5. The molecule has 1 unspecified atom stereocenters. The average Bonchev–Trinajstić information content (AvgIpc) is 1.03. The van der Waals surface area contributed by atoms with E-state index in [0.29, 0.717) is 51.8 Å². The SMILES string of the molecule is CC(CCCCCCCCCC=CCC=CCCCCCCCCCCO)CCC(=O)O.O=C(O)CC=CCCCCCCCCCCCCCCCCCCCCCCCCO.O=C(O)CC=CCCCCCCCCCCCCCCCCCCCCCO.O=C(O)CCCC=CCCCCCCCCCCCCO.O=C(O)CCCCCCCC=CCCCCCCCCCCCCCCO. The van der Waals surface area contributed by atoms with Crippen molar-refractivity contribution in [2.24, 2.45) is 5.92 Å². The van der Waals surface area contributed by atoms with Crippen molar-refractivity contribution in [2.45, 2.75) is 649 Å². The second-order valence-electron chi connectivity index (χ2n) is 41.0. The van der Waals surface area contributed by atoms with Gasteiger partial charge in [0.15, 0.2) is 0 Å². The van der Waals surface area contributed by atoms with E-state index in [-0.39, 0.29) is 19.3 Å². The van der Waals surface area contributed by atoms with Crippen LogP contribution >= 0.6 is 0 Å². The van der Waals surface area contributed by atoms with Crippen LogP contribution in [-0.2, 0) is 24.0 Å². The standard InChI is InChI=1S/C29H54O3.C28H54O3.C25H48O3.C24H46O3.C18H34O3/c1-28(25-26-29(31)32)24-22-20-18-16-14-12-10-8-6-4-2-3-5-7-9-11-13-15-17-19-21-23-27-30;29-27-25-23-21-19-17-15-13-11-9-7-5-3-1-2-4-6-8-10-12-14-16-18-20-22-24-26-28(30)31;26-24-22-20-18-16-14-12-10-8-6-4-2-1-3-5-7-9-11-13-15-17-19-21-23-25(27)28;25-23-21-19-17-15-13-11-9-7-5-3-1-2-4-6-8-10-12-14-16-18-20-22-24(26)27;19-17-15-13-11-9-7-5-3-1-2-4-6-8-10-12-14-16-18(20)21/h3-6,28,30H,2,7-27H2,1H3,(H,31,32);22,24,29H,1-21,23,25-27H2,(H,30,31);19,21,26H,1-18,20,22-24H2,(H,27,28);6,8,25H,1-5,7,9-23H2,(H,26,27);8,10,19H,1-7,9,11-17H2,(H,20,21). The Balaban J connectivity index is -0.000000542. The van der Waals surface area contributed by atoms with Crippen molar-refractivity contribution in [2.75, 3.05) is 33.0 Å². The minimum Gasteiger partial charge on any atom is -0.481 e. The molecule has 0 radical (unpaired) electrons. The van der Waals surface area contributed by atoms with Gasteiger partial charge in [-0.2, -0.15) is 0 Å². The van der Waals surface area contributed by atoms with Crippen LogP contribution in [0.3, 0.4) is 0 Å². The van der Waals surface area contributed by atoms with Gasteiger partial charge in [-0.1, -0.05) is 536 Å². The largest absolute Gasteiger partial charge is 0.481 e. The fraction of sp³-hybridized carbons (Fsp3) is 0.863. The predicted molar refractivity (Wildman–Crippen MR) is 599 cm³/mol. The van der Waals surface area contributed by atoms with Crippen molar-refractivity contribution < 1.29 is 75.0 Å². The molecule has 0 aromatic carbocycles. The highest BCUT2D eigenvalue weighted by Gasteiger charge is 2.08. The molecule has 0 aromatic rings. The van der Waals surface area contributed by atoms with Crippen molar-refractivity contribution in [1.29, 1.82) is 0 Å². The number of carboxylic acid groups (broad SMARTS) is 5. The Bertz CT molecular complexity index is 2510. The van der Waals surface area contributed by atoms with Crippen LogP contribution in [0.2, 0.25) is 0 Å². The van der Waals surface area contributed by atoms with Crippen LogP contribution in [0.25, 0.3) is 0 Å². The van der Waals surface area contributed by atoms with Crippen LogP contribution in [0.4, 0.5) is 0 Å². The van der Waals surface area contributed by atoms with Gasteiger partial charge in [-0.15, -0.1) is 0 Å². The molecule has 0 bridgehead atoms. The predicted octanol–water partition coefficient (Wildman–Crippen LogP) is 38.3. The zero-order valence-electron chi connectivity index (χ0n) is 91.8. The fourth-order valence-corrected chi connectivity index (χ4v) is 17.8. The van der Waals surface area contributed by atoms with E-state index < -0.39 is 29.8 Å². The summed E-state index contributed by atoms with van der Waals surface area (Å²) in [7, 11) is 0.